The number of aromatic nitrogens is 1. The van der Waals surface area contributed by atoms with Crippen LogP contribution >= 0.6 is 0 Å². The van der Waals surface area contributed by atoms with E-state index in [9.17, 15) is 0 Å². The van der Waals surface area contributed by atoms with Crippen LogP contribution < -0.4 is 4.74 Å². The molecular formula is C12H18N2O2. The molecule has 1 atom stereocenters. The van der Waals surface area contributed by atoms with Crippen LogP contribution in [-0.4, -0.2) is 35.7 Å². The largest absolute Gasteiger partial charge is 0.481 e. The molecule has 1 aromatic rings. The van der Waals surface area contributed by atoms with Crippen molar-refractivity contribution in [2.45, 2.75) is 25.5 Å². The highest BCUT2D eigenvalue weighted by Crippen LogP contribution is 2.34. The van der Waals surface area contributed by atoms with Crippen molar-refractivity contribution in [1.82, 2.24) is 9.88 Å². The molecule has 0 aliphatic carbocycles. The Labute approximate surface area is 95.9 Å². The topological polar surface area (TPSA) is 45.6 Å². The monoisotopic (exact) mass is 222 g/mol. The maximum Gasteiger partial charge on any atom is 0.218 e. The van der Waals surface area contributed by atoms with E-state index in [2.05, 4.69) is 16.9 Å². The molecule has 1 aliphatic rings. The Balaban J connectivity index is 2.32. The third-order valence-electron chi connectivity index (χ3n) is 3.18. The van der Waals surface area contributed by atoms with Gasteiger partial charge >= 0.3 is 0 Å². The summed E-state index contributed by atoms with van der Waals surface area (Å²) >= 11 is 0. The summed E-state index contributed by atoms with van der Waals surface area (Å²) in [7, 11) is 3.75. The summed E-state index contributed by atoms with van der Waals surface area (Å²) in [4.78, 5) is 6.61. The molecule has 2 heterocycles. The van der Waals surface area contributed by atoms with Gasteiger partial charge in [0.05, 0.1) is 19.4 Å². The Morgan fingerprint density at radius 3 is 2.94 bits per heavy atom. The highest BCUT2D eigenvalue weighted by atomic mass is 16.5. The number of aliphatic hydroxyl groups excluding tert-OH is 1. The van der Waals surface area contributed by atoms with E-state index < -0.39 is 0 Å². The summed E-state index contributed by atoms with van der Waals surface area (Å²) in [5.41, 5.74) is 1.78. The number of rotatable bonds is 3. The number of pyridine rings is 1. The first-order valence-corrected chi connectivity index (χ1v) is 5.61. The maximum atomic E-state index is 9.04. The van der Waals surface area contributed by atoms with Crippen molar-refractivity contribution in [2.75, 3.05) is 20.7 Å². The lowest BCUT2D eigenvalue weighted by Crippen LogP contribution is -2.18. The van der Waals surface area contributed by atoms with Crippen molar-refractivity contribution in [1.29, 1.82) is 0 Å². The minimum absolute atomic E-state index is 0.0445. The molecule has 16 heavy (non-hydrogen) atoms. The first kappa shape index (κ1) is 11.4. The number of aliphatic hydroxyl groups is 1. The van der Waals surface area contributed by atoms with Crippen LogP contribution in [0.1, 0.15) is 30.1 Å². The summed E-state index contributed by atoms with van der Waals surface area (Å²) in [6, 6.07) is 4.28. The Morgan fingerprint density at radius 1 is 1.56 bits per heavy atom. The lowest BCUT2D eigenvalue weighted by Gasteiger charge is -2.21. The smallest absolute Gasteiger partial charge is 0.218 e. The average Bonchev–Trinajstić information content (AvgIpc) is 2.74. The number of hydrogen-bond acceptors (Lipinski definition) is 4. The molecular weight excluding hydrogens is 204 g/mol. The van der Waals surface area contributed by atoms with Crippen molar-refractivity contribution in [3.63, 3.8) is 0 Å². The fourth-order valence-electron chi connectivity index (χ4n) is 2.30. The molecule has 0 bridgehead atoms. The van der Waals surface area contributed by atoms with E-state index in [1.165, 1.54) is 6.42 Å². The van der Waals surface area contributed by atoms with E-state index in [0.29, 0.717) is 17.6 Å². The second-order valence-corrected chi connectivity index (χ2v) is 4.20. The zero-order valence-electron chi connectivity index (χ0n) is 9.81. The number of likely N-dealkylation sites (tertiary alicyclic amines) is 1. The van der Waals surface area contributed by atoms with Crippen molar-refractivity contribution < 1.29 is 9.84 Å². The Morgan fingerprint density at radius 2 is 2.38 bits per heavy atom. The lowest BCUT2D eigenvalue weighted by atomic mass is 10.1. The molecule has 1 saturated heterocycles. The highest BCUT2D eigenvalue weighted by molar-refractivity contribution is 5.31. The van der Waals surface area contributed by atoms with Crippen molar-refractivity contribution in [2.24, 2.45) is 0 Å². The van der Waals surface area contributed by atoms with E-state index in [0.717, 1.165) is 18.5 Å². The van der Waals surface area contributed by atoms with Crippen molar-refractivity contribution >= 4 is 0 Å². The lowest BCUT2D eigenvalue weighted by molar-refractivity contribution is 0.271. The third kappa shape index (κ3) is 2.03. The average molecular weight is 222 g/mol. The second-order valence-electron chi connectivity index (χ2n) is 4.20. The van der Waals surface area contributed by atoms with Gasteiger partial charge in [0.15, 0.2) is 0 Å². The van der Waals surface area contributed by atoms with Crippen LogP contribution in [0.4, 0.5) is 0 Å². The predicted molar refractivity (Wildman–Crippen MR) is 61.3 cm³/mol. The maximum absolute atomic E-state index is 9.04. The van der Waals surface area contributed by atoms with E-state index in [1.807, 2.05) is 12.1 Å². The van der Waals surface area contributed by atoms with Gasteiger partial charge in [-0.15, -0.1) is 0 Å². The van der Waals surface area contributed by atoms with E-state index in [4.69, 9.17) is 9.84 Å². The zero-order chi connectivity index (χ0) is 11.5. The van der Waals surface area contributed by atoms with Crippen LogP contribution in [0.2, 0.25) is 0 Å². The first-order valence-electron chi connectivity index (χ1n) is 5.61. The number of nitrogens with zero attached hydrogens (tertiary/aromatic N) is 2. The molecule has 4 nitrogen and oxygen atoms in total. The normalized spacial score (nSPS) is 21.3. The molecule has 0 aromatic carbocycles. The van der Waals surface area contributed by atoms with Gasteiger partial charge in [-0.2, -0.15) is 0 Å². The molecule has 0 spiro atoms. The van der Waals surface area contributed by atoms with Crippen LogP contribution in [0.3, 0.4) is 0 Å². The van der Waals surface area contributed by atoms with Crippen molar-refractivity contribution in [3.8, 4) is 5.88 Å². The summed E-state index contributed by atoms with van der Waals surface area (Å²) in [5.74, 6) is 0.644. The predicted octanol–water partition coefficient (Wildman–Crippen LogP) is 1.35. The van der Waals surface area contributed by atoms with Gasteiger partial charge < -0.3 is 9.84 Å². The van der Waals surface area contributed by atoms with Crippen LogP contribution in [0.5, 0.6) is 5.88 Å². The zero-order valence-corrected chi connectivity index (χ0v) is 9.81. The van der Waals surface area contributed by atoms with Gasteiger partial charge in [-0.05, 0) is 32.5 Å². The fraction of sp³-hybridized carbons (Fsp3) is 0.583. The Hall–Kier alpha value is -1.13. The molecule has 1 fully saturated rings. The standard InChI is InChI=1S/C12H18N2O2/c1-14-7-3-4-11(14)10-6-5-9(8-15)13-12(10)16-2/h5-6,11,15H,3-4,7-8H2,1-2H3/t11-/m0/s1. The number of methoxy groups -OCH3 is 1. The first-order chi connectivity index (χ1) is 7.76. The molecule has 1 N–H and O–H groups in total. The Bertz CT molecular complexity index is 368. The van der Waals surface area contributed by atoms with Gasteiger partial charge in [0.25, 0.3) is 0 Å². The third-order valence-corrected chi connectivity index (χ3v) is 3.18. The molecule has 0 unspecified atom stereocenters. The molecule has 1 aliphatic heterocycles. The number of hydrogen-bond donors (Lipinski definition) is 1. The molecule has 0 saturated carbocycles. The minimum Gasteiger partial charge on any atom is -0.481 e. The molecule has 88 valence electrons. The van der Waals surface area contributed by atoms with Gasteiger partial charge in [0, 0.05) is 11.6 Å². The molecule has 0 radical (unpaired) electrons. The van der Waals surface area contributed by atoms with E-state index in [1.54, 1.807) is 7.11 Å². The molecule has 2 rings (SSSR count). The second kappa shape index (κ2) is 4.80. The fourth-order valence-corrected chi connectivity index (χ4v) is 2.30. The summed E-state index contributed by atoms with van der Waals surface area (Å²) in [5, 5.41) is 9.04. The number of ether oxygens (including phenoxy) is 1. The van der Waals surface area contributed by atoms with E-state index >= 15 is 0 Å². The van der Waals surface area contributed by atoms with Crippen molar-refractivity contribution in [3.05, 3.63) is 23.4 Å². The highest BCUT2D eigenvalue weighted by Gasteiger charge is 2.25. The van der Waals surface area contributed by atoms with Crippen LogP contribution in [0, 0.1) is 0 Å². The Kier molecular flexibility index (Phi) is 3.41. The van der Waals surface area contributed by atoms with Crippen LogP contribution in [-0.2, 0) is 6.61 Å². The van der Waals surface area contributed by atoms with Crippen LogP contribution in [0.25, 0.3) is 0 Å². The SMILES string of the molecule is COc1nc(CO)ccc1[C@@H]1CCCN1C. The molecule has 1 aromatic heterocycles. The summed E-state index contributed by atoms with van der Waals surface area (Å²) in [6.45, 7) is 1.08. The summed E-state index contributed by atoms with van der Waals surface area (Å²) < 4.78 is 5.30. The quantitative estimate of drug-likeness (QED) is 0.838. The van der Waals surface area contributed by atoms with Gasteiger partial charge in [-0.3, -0.25) is 4.90 Å². The van der Waals surface area contributed by atoms with Gasteiger partial charge in [-0.25, -0.2) is 4.98 Å². The molecule has 4 heteroatoms. The van der Waals surface area contributed by atoms with Gasteiger partial charge in [0.1, 0.15) is 0 Å². The van der Waals surface area contributed by atoms with Gasteiger partial charge in [-0.1, -0.05) is 6.07 Å². The van der Waals surface area contributed by atoms with E-state index in [-0.39, 0.29) is 6.61 Å². The van der Waals surface area contributed by atoms with Crippen LogP contribution in [0.15, 0.2) is 12.1 Å². The van der Waals surface area contributed by atoms with Gasteiger partial charge in [0.2, 0.25) is 5.88 Å². The minimum atomic E-state index is -0.0445. The molecule has 0 amide bonds. The summed E-state index contributed by atoms with van der Waals surface area (Å²) in [6.07, 6.45) is 2.36.